The zero-order chi connectivity index (χ0) is 18.5. The average molecular weight is 350 g/mol. The summed E-state index contributed by atoms with van der Waals surface area (Å²) in [7, 11) is 0. The highest BCUT2D eigenvalue weighted by Gasteiger charge is 2.21. The van der Waals surface area contributed by atoms with Crippen LogP contribution in [0.25, 0.3) is 0 Å². The summed E-state index contributed by atoms with van der Waals surface area (Å²) in [4.78, 5) is 12.8. The van der Waals surface area contributed by atoms with Gasteiger partial charge in [0.1, 0.15) is 31.2 Å². The third-order valence-electron chi connectivity index (χ3n) is 3.53. The van der Waals surface area contributed by atoms with E-state index in [9.17, 15) is 9.18 Å². The van der Waals surface area contributed by atoms with Crippen LogP contribution in [0.3, 0.4) is 0 Å². The van der Waals surface area contributed by atoms with Gasteiger partial charge in [-0.15, -0.1) is 0 Å². The maximum Gasteiger partial charge on any atom is 0.237 e. The molecule has 0 aliphatic carbocycles. The molecule has 0 radical (unpaired) electrons. The molecule has 26 heavy (non-hydrogen) atoms. The lowest BCUT2D eigenvalue weighted by molar-refractivity contribution is 0.103. The minimum Gasteiger partial charge on any atom is -0.486 e. The Morgan fingerprint density at radius 2 is 1.69 bits per heavy atom. The van der Waals surface area contributed by atoms with Crippen molar-refractivity contribution in [3.05, 3.63) is 53.3 Å². The van der Waals surface area contributed by atoms with Gasteiger partial charge in [0.25, 0.3) is 0 Å². The van der Waals surface area contributed by atoms with E-state index in [0.717, 1.165) is 0 Å². The first-order valence-electron chi connectivity index (χ1n) is 7.50. The number of anilines is 1. The summed E-state index contributed by atoms with van der Waals surface area (Å²) in [5, 5.41) is 21.2. The molecule has 0 bridgehead atoms. The standard InChI is InChI=1S/C18H11FN4O3/c19-12-3-1-11(2-4-12)18(24)14-7-16-17(26-6-5-25-16)8-15(14)23-22-13(9-20)10-21/h1-4,7-8,23H,5-6H2. The Hall–Kier alpha value is -3.91. The van der Waals surface area contributed by atoms with Gasteiger partial charge < -0.3 is 9.47 Å². The van der Waals surface area contributed by atoms with Crippen LogP contribution < -0.4 is 14.9 Å². The maximum atomic E-state index is 13.1. The summed E-state index contributed by atoms with van der Waals surface area (Å²) in [6, 6.07) is 11.3. The molecule has 0 unspecified atom stereocenters. The second kappa shape index (κ2) is 7.32. The topological polar surface area (TPSA) is 108 Å². The minimum absolute atomic E-state index is 0.180. The monoisotopic (exact) mass is 350 g/mol. The first-order valence-corrected chi connectivity index (χ1v) is 7.50. The predicted molar refractivity (Wildman–Crippen MR) is 89.5 cm³/mol. The number of carbonyl (C=O) groups excluding carboxylic acids is 1. The number of ketones is 1. The quantitative estimate of drug-likeness (QED) is 0.516. The number of ether oxygens (including phenoxy) is 2. The number of nitrogens with one attached hydrogen (secondary N) is 1. The lowest BCUT2D eigenvalue weighted by Gasteiger charge is -2.20. The zero-order valence-corrected chi connectivity index (χ0v) is 13.3. The van der Waals surface area contributed by atoms with E-state index in [4.69, 9.17) is 20.0 Å². The van der Waals surface area contributed by atoms with Crippen molar-refractivity contribution in [3.63, 3.8) is 0 Å². The molecule has 0 saturated carbocycles. The van der Waals surface area contributed by atoms with Gasteiger partial charge in [-0.2, -0.15) is 15.6 Å². The van der Waals surface area contributed by atoms with Crippen LogP contribution in [-0.2, 0) is 0 Å². The van der Waals surface area contributed by atoms with E-state index in [1.807, 2.05) is 0 Å². The highest BCUT2D eigenvalue weighted by atomic mass is 19.1. The molecule has 0 atom stereocenters. The minimum atomic E-state index is -0.459. The molecule has 0 spiro atoms. The van der Waals surface area contributed by atoms with Crippen LogP contribution in [0.1, 0.15) is 15.9 Å². The fourth-order valence-electron chi connectivity index (χ4n) is 2.32. The normalized spacial score (nSPS) is 11.7. The third kappa shape index (κ3) is 3.45. The molecule has 0 amide bonds. The number of nitriles is 2. The molecule has 1 aliphatic rings. The van der Waals surface area contributed by atoms with E-state index < -0.39 is 17.3 Å². The molecule has 0 saturated heterocycles. The number of fused-ring (bicyclic) bond motifs is 1. The van der Waals surface area contributed by atoms with E-state index in [1.54, 1.807) is 12.1 Å². The summed E-state index contributed by atoms with van der Waals surface area (Å²) in [5.74, 6) is -0.0772. The maximum absolute atomic E-state index is 13.1. The van der Waals surface area contributed by atoms with Crippen LogP contribution in [0.2, 0.25) is 0 Å². The second-order valence-electron chi connectivity index (χ2n) is 5.17. The molecule has 0 fully saturated rings. The van der Waals surface area contributed by atoms with Gasteiger partial charge in [-0.05, 0) is 30.3 Å². The van der Waals surface area contributed by atoms with Crippen molar-refractivity contribution >= 4 is 17.2 Å². The van der Waals surface area contributed by atoms with Crippen LogP contribution in [0.5, 0.6) is 11.5 Å². The molecule has 128 valence electrons. The van der Waals surface area contributed by atoms with Crippen LogP contribution in [-0.4, -0.2) is 24.7 Å². The van der Waals surface area contributed by atoms with Gasteiger partial charge in [-0.3, -0.25) is 10.2 Å². The molecular weight excluding hydrogens is 339 g/mol. The number of nitrogens with zero attached hydrogens (tertiary/aromatic N) is 3. The van der Waals surface area contributed by atoms with Crippen LogP contribution >= 0.6 is 0 Å². The van der Waals surface area contributed by atoms with Crippen LogP contribution in [0, 0.1) is 28.5 Å². The summed E-state index contributed by atoms with van der Waals surface area (Å²) >= 11 is 0. The first-order chi connectivity index (χ1) is 12.6. The molecule has 3 rings (SSSR count). The van der Waals surface area contributed by atoms with Gasteiger partial charge in [-0.25, -0.2) is 4.39 Å². The summed E-state index contributed by atoms with van der Waals surface area (Å²) < 4.78 is 24.1. The van der Waals surface area contributed by atoms with Gasteiger partial charge in [0.05, 0.1) is 11.3 Å². The Kier molecular flexibility index (Phi) is 4.77. The van der Waals surface area contributed by atoms with Gasteiger partial charge in [-0.1, -0.05) is 0 Å². The van der Waals surface area contributed by atoms with Crippen molar-refractivity contribution in [3.8, 4) is 23.6 Å². The zero-order valence-electron chi connectivity index (χ0n) is 13.3. The Balaban J connectivity index is 2.05. The highest BCUT2D eigenvalue weighted by molar-refractivity contribution is 6.13. The van der Waals surface area contributed by atoms with Crippen LogP contribution in [0.4, 0.5) is 10.1 Å². The van der Waals surface area contributed by atoms with Crippen molar-refractivity contribution in [1.82, 2.24) is 0 Å². The highest BCUT2D eigenvalue weighted by Crippen LogP contribution is 2.36. The lowest BCUT2D eigenvalue weighted by atomic mass is 10.0. The van der Waals surface area contributed by atoms with E-state index in [1.165, 1.54) is 36.4 Å². The molecule has 1 N–H and O–H groups in total. The predicted octanol–water partition coefficient (Wildman–Crippen LogP) is 2.64. The van der Waals surface area contributed by atoms with Gasteiger partial charge in [0, 0.05) is 11.6 Å². The number of hydrogen-bond acceptors (Lipinski definition) is 7. The Bertz CT molecular complexity index is 956. The summed E-state index contributed by atoms with van der Waals surface area (Å²) in [5.41, 5.74) is 2.81. The van der Waals surface area contributed by atoms with Crippen molar-refractivity contribution in [2.45, 2.75) is 0 Å². The number of hydrogen-bond donors (Lipinski definition) is 1. The van der Waals surface area contributed by atoms with Gasteiger partial charge in [0.2, 0.25) is 5.71 Å². The second-order valence-corrected chi connectivity index (χ2v) is 5.17. The summed E-state index contributed by atoms with van der Waals surface area (Å²) in [6.07, 6.45) is 0. The SMILES string of the molecule is N#CC(C#N)=NNc1cc2c(cc1C(=O)c1ccc(F)cc1)OCCO2. The van der Waals surface area contributed by atoms with Gasteiger partial charge in [0.15, 0.2) is 17.3 Å². The van der Waals surface area contributed by atoms with Crippen molar-refractivity contribution in [1.29, 1.82) is 10.5 Å². The molecule has 2 aromatic carbocycles. The van der Waals surface area contributed by atoms with Crippen molar-refractivity contribution in [2.75, 3.05) is 18.6 Å². The number of halogens is 1. The molecule has 1 aliphatic heterocycles. The van der Waals surface area contributed by atoms with E-state index in [-0.39, 0.29) is 16.8 Å². The van der Waals surface area contributed by atoms with Crippen molar-refractivity contribution in [2.24, 2.45) is 5.10 Å². The van der Waals surface area contributed by atoms with E-state index in [0.29, 0.717) is 24.7 Å². The largest absolute Gasteiger partial charge is 0.486 e. The van der Waals surface area contributed by atoms with Crippen molar-refractivity contribution < 1.29 is 18.7 Å². The molecule has 0 aromatic heterocycles. The average Bonchev–Trinajstić information content (AvgIpc) is 2.68. The van der Waals surface area contributed by atoms with E-state index >= 15 is 0 Å². The Labute approximate surface area is 147 Å². The first kappa shape index (κ1) is 16.9. The number of carbonyl (C=O) groups is 1. The summed E-state index contributed by atoms with van der Waals surface area (Å²) in [6.45, 7) is 0.692. The van der Waals surface area contributed by atoms with Gasteiger partial charge >= 0.3 is 0 Å². The number of benzene rings is 2. The molecule has 1 heterocycles. The van der Waals surface area contributed by atoms with Crippen LogP contribution in [0.15, 0.2) is 41.5 Å². The lowest BCUT2D eigenvalue weighted by Crippen LogP contribution is -2.17. The Morgan fingerprint density at radius 3 is 2.31 bits per heavy atom. The third-order valence-corrected chi connectivity index (χ3v) is 3.53. The molecule has 2 aromatic rings. The number of hydrazone groups is 1. The fourth-order valence-corrected chi connectivity index (χ4v) is 2.32. The Morgan fingerprint density at radius 1 is 1.08 bits per heavy atom. The molecule has 8 heteroatoms. The smallest absolute Gasteiger partial charge is 0.237 e. The fraction of sp³-hybridized carbons (Fsp3) is 0.111. The molecule has 7 nitrogen and oxygen atoms in total. The number of rotatable bonds is 4. The van der Waals surface area contributed by atoms with E-state index in [2.05, 4.69) is 10.5 Å². The molecular formula is C18H11FN4O3.